The van der Waals surface area contributed by atoms with Gasteiger partial charge < -0.3 is 14.6 Å². The summed E-state index contributed by atoms with van der Waals surface area (Å²) < 4.78 is 31.6. The lowest BCUT2D eigenvalue weighted by atomic mass is 10.3. The minimum atomic E-state index is -2.55. The lowest BCUT2D eigenvalue weighted by molar-refractivity contribution is 0.0800. The van der Waals surface area contributed by atoms with Gasteiger partial charge in [-0.05, 0) is 30.3 Å². The van der Waals surface area contributed by atoms with Crippen molar-refractivity contribution >= 4 is 28.3 Å². The Labute approximate surface area is 142 Å². The van der Waals surface area contributed by atoms with Gasteiger partial charge in [0.15, 0.2) is 6.61 Å². The van der Waals surface area contributed by atoms with Crippen LogP contribution >= 0.6 is 11.6 Å². The first-order valence-electron chi connectivity index (χ1n) is 7.25. The number of fused-ring (bicyclic) bond motifs is 1. The monoisotopic (exact) mass is 352 g/mol. The molecule has 0 unspecified atom stereocenters. The fraction of sp³-hybridized carbons (Fsp3) is 0.250. The number of aromatic nitrogens is 3. The van der Waals surface area contributed by atoms with Gasteiger partial charge in [-0.15, -0.1) is 0 Å². The number of alkyl halides is 2. The Hall–Kier alpha value is -2.41. The first-order chi connectivity index (χ1) is 11.5. The van der Waals surface area contributed by atoms with Gasteiger partial charge in [0.05, 0.1) is 23.3 Å². The topological polar surface area (TPSA) is 52.0 Å². The number of nitrogens with zero attached hydrogens (tertiary/aromatic N) is 3. The Kier molecular flexibility index (Phi) is 4.80. The number of ether oxygens (including phenoxy) is 1. The Morgan fingerprint density at radius 2 is 2.17 bits per heavy atom. The third kappa shape index (κ3) is 3.56. The normalized spacial score (nSPS) is 11.2. The van der Waals surface area contributed by atoms with E-state index in [2.05, 4.69) is 15.3 Å². The number of imidazole rings is 1. The van der Waals surface area contributed by atoms with Crippen LogP contribution < -0.4 is 10.1 Å². The number of pyridine rings is 1. The van der Waals surface area contributed by atoms with E-state index in [1.54, 1.807) is 18.2 Å². The molecule has 2 aromatic heterocycles. The largest absolute Gasteiger partial charge is 0.470 e. The van der Waals surface area contributed by atoms with E-state index in [1.165, 1.54) is 6.20 Å². The van der Waals surface area contributed by atoms with Crippen LogP contribution in [0.3, 0.4) is 0 Å². The average Bonchev–Trinajstić information content (AvgIpc) is 2.87. The summed E-state index contributed by atoms with van der Waals surface area (Å²) in [7, 11) is 1.89. The van der Waals surface area contributed by atoms with Crippen LogP contribution in [-0.4, -0.2) is 27.6 Å². The summed E-state index contributed by atoms with van der Waals surface area (Å²) in [5.41, 5.74) is 2.28. The molecule has 1 aromatic carbocycles. The van der Waals surface area contributed by atoms with Crippen molar-refractivity contribution in [1.29, 1.82) is 0 Å². The molecular formula is C16H15ClF2N4O. The molecule has 8 heteroatoms. The second kappa shape index (κ2) is 7.00. The van der Waals surface area contributed by atoms with Crippen molar-refractivity contribution in [2.75, 3.05) is 11.9 Å². The van der Waals surface area contributed by atoms with Gasteiger partial charge in [-0.1, -0.05) is 11.6 Å². The summed E-state index contributed by atoms with van der Waals surface area (Å²) in [5, 5.41) is 3.76. The van der Waals surface area contributed by atoms with Crippen molar-refractivity contribution in [2.45, 2.75) is 13.0 Å². The quantitative estimate of drug-likeness (QED) is 0.731. The van der Waals surface area contributed by atoms with E-state index in [0.717, 1.165) is 16.9 Å². The van der Waals surface area contributed by atoms with Crippen molar-refractivity contribution in [1.82, 2.24) is 14.5 Å². The highest BCUT2D eigenvalue weighted by Crippen LogP contribution is 2.23. The van der Waals surface area contributed by atoms with Crippen LogP contribution in [0.4, 0.5) is 14.5 Å². The van der Waals surface area contributed by atoms with Crippen LogP contribution in [-0.2, 0) is 13.6 Å². The first kappa shape index (κ1) is 16.4. The van der Waals surface area contributed by atoms with E-state index in [1.807, 2.05) is 23.7 Å². The van der Waals surface area contributed by atoms with Crippen molar-refractivity contribution in [3.05, 3.63) is 47.4 Å². The second-order valence-electron chi connectivity index (χ2n) is 5.13. The van der Waals surface area contributed by atoms with Gasteiger partial charge in [0.1, 0.15) is 5.82 Å². The average molecular weight is 353 g/mol. The van der Waals surface area contributed by atoms with Crippen LogP contribution in [0, 0.1) is 0 Å². The van der Waals surface area contributed by atoms with Gasteiger partial charge in [0.2, 0.25) is 5.88 Å². The molecule has 1 N–H and O–H groups in total. The molecule has 0 radical (unpaired) electrons. The maximum atomic E-state index is 12.3. The number of aryl methyl sites for hydroxylation is 1. The summed E-state index contributed by atoms with van der Waals surface area (Å²) >= 11 is 6.01. The summed E-state index contributed by atoms with van der Waals surface area (Å²) in [4.78, 5) is 8.51. The molecule has 3 rings (SSSR count). The number of nitrogens with one attached hydrogen (secondary N) is 1. The fourth-order valence-corrected chi connectivity index (χ4v) is 2.49. The van der Waals surface area contributed by atoms with Crippen LogP contribution in [0.15, 0.2) is 36.5 Å². The molecule has 24 heavy (non-hydrogen) atoms. The number of benzene rings is 1. The minimum Gasteiger partial charge on any atom is -0.470 e. The molecule has 5 nitrogen and oxygen atoms in total. The molecule has 0 amide bonds. The zero-order chi connectivity index (χ0) is 17.1. The Morgan fingerprint density at radius 1 is 1.33 bits per heavy atom. The molecular weight excluding hydrogens is 338 g/mol. The molecule has 0 aliphatic carbocycles. The zero-order valence-electron chi connectivity index (χ0n) is 12.8. The fourth-order valence-electron chi connectivity index (χ4n) is 2.33. The Balaban J connectivity index is 1.78. The highest BCUT2D eigenvalue weighted by molar-refractivity contribution is 6.31. The number of anilines is 1. The van der Waals surface area contributed by atoms with Crippen molar-refractivity contribution in [3.8, 4) is 5.88 Å². The molecule has 3 aromatic rings. The van der Waals surface area contributed by atoms with E-state index in [4.69, 9.17) is 16.3 Å². The van der Waals surface area contributed by atoms with E-state index in [9.17, 15) is 8.78 Å². The van der Waals surface area contributed by atoms with Crippen molar-refractivity contribution < 1.29 is 13.5 Å². The van der Waals surface area contributed by atoms with Gasteiger partial charge in [0.25, 0.3) is 6.43 Å². The molecule has 0 fully saturated rings. The third-order valence-electron chi connectivity index (χ3n) is 3.49. The van der Waals surface area contributed by atoms with Crippen LogP contribution in [0.5, 0.6) is 5.88 Å². The molecule has 0 spiro atoms. The molecule has 0 aliphatic rings. The highest BCUT2D eigenvalue weighted by Gasteiger charge is 2.11. The third-order valence-corrected chi connectivity index (χ3v) is 3.72. The summed E-state index contributed by atoms with van der Waals surface area (Å²) in [5.74, 6) is 0.913. The predicted molar refractivity (Wildman–Crippen MR) is 88.8 cm³/mol. The lowest BCUT2D eigenvalue weighted by Gasteiger charge is -2.11. The molecule has 0 atom stereocenters. The molecule has 126 valence electrons. The standard InChI is InChI=1S/C16H15ClF2N4O/c1-23-13-7-10(17)4-5-11(13)22-15(23)8-21-12-3-2-6-20-16(12)24-9-14(18)19/h2-7,14,21H,8-9H2,1H3. The maximum absolute atomic E-state index is 12.3. The van der Waals surface area contributed by atoms with E-state index >= 15 is 0 Å². The summed E-state index contributed by atoms with van der Waals surface area (Å²) in [6.45, 7) is -0.310. The number of rotatable bonds is 6. The van der Waals surface area contributed by atoms with E-state index in [-0.39, 0.29) is 5.88 Å². The summed E-state index contributed by atoms with van der Waals surface area (Å²) in [6, 6.07) is 8.89. The van der Waals surface area contributed by atoms with Gasteiger partial charge in [-0.3, -0.25) is 0 Å². The number of hydrogen-bond acceptors (Lipinski definition) is 4. The second-order valence-corrected chi connectivity index (χ2v) is 5.57. The minimum absolute atomic E-state index is 0.139. The van der Waals surface area contributed by atoms with Crippen LogP contribution in [0.25, 0.3) is 11.0 Å². The van der Waals surface area contributed by atoms with Gasteiger partial charge in [0, 0.05) is 18.3 Å². The van der Waals surface area contributed by atoms with Gasteiger partial charge in [-0.2, -0.15) is 0 Å². The number of hydrogen-bond donors (Lipinski definition) is 1. The molecule has 2 heterocycles. The zero-order valence-corrected chi connectivity index (χ0v) is 13.6. The maximum Gasteiger partial charge on any atom is 0.272 e. The van der Waals surface area contributed by atoms with Gasteiger partial charge in [-0.25, -0.2) is 18.7 Å². The molecule has 0 bridgehead atoms. The SMILES string of the molecule is Cn1c(CNc2cccnc2OCC(F)F)nc2ccc(Cl)cc21. The molecule has 0 saturated heterocycles. The first-order valence-corrected chi connectivity index (χ1v) is 7.63. The number of halogens is 3. The molecule has 0 saturated carbocycles. The summed E-state index contributed by atoms with van der Waals surface area (Å²) in [6.07, 6.45) is -1.06. The lowest BCUT2D eigenvalue weighted by Crippen LogP contribution is -2.11. The molecule has 0 aliphatic heterocycles. The van der Waals surface area contributed by atoms with Crippen molar-refractivity contribution in [3.63, 3.8) is 0 Å². The van der Waals surface area contributed by atoms with E-state index in [0.29, 0.717) is 17.3 Å². The predicted octanol–water partition coefficient (Wildman–Crippen LogP) is 3.88. The Morgan fingerprint density at radius 3 is 2.96 bits per heavy atom. The van der Waals surface area contributed by atoms with Crippen LogP contribution in [0.2, 0.25) is 5.02 Å². The van der Waals surface area contributed by atoms with E-state index < -0.39 is 13.0 Å². The smallest absolute Gasteiger partial charge is 0.272 e. The van der Waals surface area contributed by atoms with Gasteiger partial charge >= 0.3 is 0 Å². The van der Waals surface area contributed by atoms with Crippen molar-refractivity contribution in [2.24, 2.45) is 7.05 Å². The van der Waals surface area contributed by atoms with Crippen LogP contribution in [0.1, 0.15) is 5.82 Å². The Bertz CT molecular complexity index is 853. The highest BCUT2D eigenvalue weighted by atomic mass is 35.5.